The SMILES string of the molecule is O=C(N[C@H](Cc1ccccc1)c1nnc(N2CCSCC2)o1)c1ccc(F)c(F)c1. The second-order valence-electron chi connectivity index (χ2n) is 6.87. The Kier molecular flexibility index (Phi) is 6.27. The van der Waals surface area contributed by atoms with E-state index in [-0.39, 0.29) is 11.5 Å². The fraction of sp³-hybridized carbons (Fsp3) is 0.286. The maximum absolute atomic E-state index is 13.6. The second-order valence-corrected chi connectivity index (χ2v) is 8.09. The average Bonchev–Trinajstić information content (AvgIpc) is 3.27. The molecule has 1 aromatic heterocycles. The van der Waals surface area contributed by atoms with Crippen molar-refractivity contribution >= 4 is 23.7 Å². The van der Waals surface area contributed by atoms with E-state index in [2.05, 4.69) is 15.5 Å². The number of nitrogens with one attached hydrogen (secondary N) is 1. The lowest BCUT2D eigenvalue weighted by Crippen LogP contribution is -2.32. The highest BCUT2D eigenvalue weighted by Crippen LogP contribution is 2.24. The van der Waals surface area contributed by atoms with Gasteiger partial charge in [0.05, 0.1) is 0 Å². The zero-order valence-electron chi connectivity index (χ0n) is 16.1. The summed E-state index contributed by atoms with van der Waals surface area (Å²) in [5, 5.41) is 11.1. The van der Waals surface area contributed by atoms with Crippen LogP contribution in [0.2, 0.25) is 0 Å². The van der Waals surface area contributed by atoms with E-state index in [1.807, 2.05) is 47.0 Å². The first-order valence-electron chi connectivity index (χ1n) is 9.56. The fourth-order valence-corrected chi connectivity index (χ4v) is 4.08. The van der Waals surface area contributed by atoms with Crippen LogP contribution in [0.1, 0.15) is 27.9 Å². The first-order valence-corrected chi connectivity index (χ1v) is 10.7. The molecular weight excluding hydrogens is 410 g/mol. The summed E-state index contributed by atoms with van der Waals surface area (Å²) < 4.78 is 32.6. The summed E-state index contributed by atoms with van der Waals surface area (Å²) in [7, 11) is 0. The molecule has 1 amide bonds. The summed E-state index contributed by atoms with van der Waals surface area (Å²) in [6.45, 7) is 1.63. The fourth-order valence-electron chi connectivity index (χ4n) is 3.18. The molecule has 0 aliphatic carbocycles. The quantitative estimate of drug-likeness (QED) is 0.644. The second kappa shape index (κ2) is 9.25. The molecule has 30 heavy (non-hydrogen) atoms. The lowest BCUT2D eigenvalue weighted by atomic mass is 10.1. The Labute approximate surface area is 176 Å². The number of carbonyl (C=O) groups excluding carboxylic acids is 1. The van der Waals surface area contributed by atoms with Crippen molar-refractivity contribution in [3.63, 3.8) is 0 Å². The topological polar surface area (TPSA) is 71.3 Å². The van der Waals surface area contributed by atoms with Crippen LogP contribution in [0.25, 0.3) is 0 Å². The number of aromatic nitrogens is 2. The van der Waals surface area contributed by atoms with Gasteiger partial charge >= 0.3 is 6.01 Å². The van der Waals surface area contributed by atoms with Crippen LogP contribution >= 0.6 is 11.8 Å². The van der Waals surface area contributed by atoms with Gasteiger partial charge in [-0.3, -0.25) is 4.79 Å². The number of benzene rings is 2. The molecule has 0 spiro atoms. The molecule has 156 valence electrons. The minimum absolute atomic E-state index is 0.0137. The standard InChI is InChI=1S/C21H20F2N4O2S/c22-16-7-6-15(13-17(16)23)19(28)24-18(12-14-4-2-1-3-5-14)20-25-26-21(29-20)27-8-10-30-11-9-27/h1-7,13,18H,8-12H2,(H,24,28)/t18-/m1/s1. The van der Waals surface area contributed by atoms with Gasteiger partial charge in [-0.15, -0.1) is 5.10 Å². The summed E-state index contributed by atoms with van der Waals surface area (Å²) in [5.41, 5.74) is 0.974. The van der Waals surface area contributed by atoms with Gasteiger partial charge in [0.25, 0.3) is 5.91 Å². The van der Waals surface area contributed by atoms with Gasteiger partial charge in [-0.1, -0.05) is 35.4 Å². The molecule has 4 rings (SSSR count). The largest absolute Gasteiger partial charge is 0.406 e. The number of halogens is 2. The van der Waals surface area contributed by atoms with Crippen molar-refractivity contribution in [3.8, 4) is 0 Å². The van der Waals surface area contributed by atoms with E-state index in [4.69, 9.17) is 4.42 Å². The number of hydrogen-bond donors (Lipinski definition) is 1. The van der Waals surface area contributed by atoms with E-state index >= 15 is 0 Å². The molecule has 6 nitrogen and oxygen atoms in total. The van der Waals surface area contributed by atoms with Crippen LogP contribution in [0.5, 0.6) is 0 Å². The van der Waals surface area contributed by atoms with Crippen molar-refractivity contribution in [3.05, 3.63) is 77.2 Å². The Morgan fingerprint density at radius 2 is 1.87 bits per heavy atom. The van der Waals surface area contributed by atoms with E-state index in [1.165, 1.54) is 6.07 Å². The van der Waals surface area contributed by atoms with E-state index in [1.54, 1.807) is 0 Å². The lowest BCUT2D eigenvalue weighted by molar-refractivity contribution is 0.0929. The van der Waals surface area contributed by atoms with Crippen LogP contribution in [0, 0.1) is 11.6 Å². The first-order chi connectivity index (χ1) is 14.6. The summed E-state index contributed by atoms with van der Waals surface area (Å²) in [4.78, 5) is 14.7. The Morgan fingerprint density at radius 3 is 2.60 bits per heavy atom. The summed E-state index contributed by atoms with van der Waals surface area (Å²) in [6.07, 6.45) is 0.410. The van der Waals surface area contributed by atoms with Crippen LogP contribution in [0.15, 0.2) is 52.9 Å². The van der Waals surface area contributed by atoms with E-state index in [0.717, 1.165) is 42.3 Å². The molecule has 0 bridgehead atoms. The van der Waals surface area contributed by atoms with E-state index < -0.39 is 23.6 Å². The molecule has 1 saturated heterocycles. The van der Waals surface area contributed by atoms with Crippen molar-refractivity contribution in [2.75, 3.05) is 29.5 Å². The number of anilines is 1. The number of thioether (sulfide) groups is 1. The van der Waals surface area contributed by atoms with Crippen molar-refractivity contribution < 1.29 is 18.0 Å². The number of carbonyl (C=O) groups is 1. The van der Waals surface area contributed by atoms with Crippen LogP contribution in [-0.2, 0) is 6.42 Å². The summed E-state index contributed by atoms with van der Waals surface area (Å²) in [6, 6.07) is 12.4. The number of rotatable bonds is 6. The maximum Gasteiger partial charge on any atom is 0.318 e. The molecular formula is C21H20F2N4O2S. The minimum Gasteiger partial charge on any atom is -0.406 e. The van der Waals surface area contributed by atoms with Gasteiger partial charge in [0.1, 0.15) is 6.04 Å². The van der Waals surface area contributed by atoms with Gasteiger partial charge in [0.2, 0.25) is 5.89 Å². The van der Waals surface area contributed by atoms with Crippen LogP contribution in [0.4, 0.5) is 14.8 Å². The van der Waals surface area contributed by atoms with Crippen molar-refractivity contribution in [1.82, 2.24) is 15.5 Å². The van der Waals surface area contributed by atoms with Gasteiger partial charge in [-0.25, -0.2) is 8.78 Å². The Morgan fingerprint density at radius 1 is 1.10 bits per heavy atom. The van der Waals surface area contributed by atoms with Gasteiger partial charge in [0.15, 0.2) is 11.6 Å². The van der Waals surface area contributed by atoms with Gasteiger partial charge in [0, 0.05) is 36.6 Å². The summed E-state index contributed by atoms with van der Waals surface area (Å²) >= 11 is 1.87. The number of nitrogens with zero attached hydrogens (tertiary/aromatic N) is 3. The molecule has 3 aromatic rings. The van der Waals surface area contributed by atoms with Gasteiger partial charge in [-0.2, -0.15) is 11.8 Å². The maximum atomic E-state index is 13.6. The molecule has 1 fully saturated rings. The zero-order valence-corrected chi connectivity index (χ0v) is 16.9. The zero-order chi connectivity index (χ0) is 20.9. The number of amides is 1. The normalized spacial score (nSPS) is 15.1. The third kappa shape index (κ3) is 4.79. The summed E-state index contributed by atoms with van der Waals surface area (Å²) in [5.74, 6) is -0.401. The molecule has 2 heterocycles. The predicted octanol–water partition coefficient (Wildman–Crippen LogP) is 3.61. The molecule has 1 atom stereocenters. The molecule has 0 radical (unpaired) electrons. The van der Waals surface area contributed by atoms with Gasteiger partial charge in [-0.05, 0) is 23.8 Å². The molecule has 9 heteroatoms. The molecule has 1 N–H and O–H groups in total. The average molecular weight is 430 g/mol. The van der Waals surface area contributed by atoms with Crippen molar-refractivity contribution in [1.29, 1.82) is 0 Å². The molecule has 1 aliphatic heterocycles. The Balaban J connectivity index is 1.57. The van der Waals surface area contributed by atoms with Crippen molar-refractivity contribution in [2.24, 2.45) is 0 Å². The molecule has 0 saturated carbocycles. The number of hydrogen-bond acceptors (Lipinski definition) is 6. The van der Waals surface area contributed by atoms with E-state index in [9.17, 15) is 13.6 Å². The van der Waals surface area contributed by atoms with Crippen LogP contribution in [0.3, 0.4) is 0 Å². The smallest absolute Gasteiger partial charge is 0.318 e. The van der Waals surface area contributed by atoms with Crippen LogP contribution in [-0.4, -0.2) is 40.7 Å². The van der Waals surface area contributed by atoms with Crippen molar-refractivity contribution in [2.45, 2.75) is 12.5 Å². The van der Waals surface area contributed by atoms with Crippen LogP contribution < -0.4 is 10.2 Å². The third-order valence-electron chi connectivity index (χ3n) is 4.78. The Hall–Kier alpha value is -2.94. The monoisotopic (exact) mass is 430 g/mol. The third-order valence-corrected chi connectivity index (χ3v) is 5.72. The highest BCUT2D eigenvalue weighted by atomic mass is 32.2. The highest BCUT2D eigenvalue weighted by Gasteiger charge is 2.25. The van der Waals surface area contributed by atoms with Gasteiger partial charge < -0.3 is 14.6 Å². The molecule has 1 aliphatic rings. The first kappa shape index (κ1) is 20.3. The lowest BCUT2D eigenvalue weighted by Gasteiger charge is -2.24. The Bertz CT molecular complexity index is 1010. The molecule has 2 aromatic carbocycles. The van der Waals surface area contributed by atoms with E-state index in [0.29, 0.717) is 12.4 Å². The minimum atomic E-state index is -1.08. The highest BCUT2D eigenvalue weighted by molar-refractivity contribution is 7.99. The predicted molar refractivity (Wildman–Crippen MR) is 111 cm³/mol. The molecule has 0 unspecified atom stereocenters.